The van der Waals surface area contributed by atoms with Crippen LogP contribution >= 0.6 is 0 Å². The van der Waals surface area contributed by atoms with E-state index in [0.29, 0.717) is 55.9 Å². The van der Waals surface area contributed by atoms with Crippen molar-refractivity contribution >= 4 is 39.3 Å². The molecule has 4 aromatic rings. The number of aromatic carboxylic acids is 1. The van der Waals surface area contributed by atoms with Gasteiger partial charge in [0.15, 0.2) is 5.82 Å². The van der Waals surface area contributed by atoms with Crippen molar-refractivity contribution in [3.05, 3.63) is 88.4 Å². The predicted molar refractivity (Wildman–Crippen MR) is 163 cm³/mol. The molecule has 47 heavy (non-hydrogen) atoms. The lowest BCUT2D eigenvalue weighted by Crippen LogP contribution is -2.40. The largest absolute Gasteiger partial charge is 0.477 e. The van der Waals surface area contributed by atoms with Crippen molar-refractivity contribution in [3.8, 4) is 5.69 Å². The molecule has 14 nitrogen and oxygen atoms in total. The molecule has 5 N–H and O–H groups in total. The monoisotopic (exact) mass is 669 g/mol. The molecular formula is C30H29F2N7O7S. The van der Waals surface area contributed by atoms with Gasteiger partial charge in [0.2, 0.25) is 15.9 Å². The Bertz CT molecular complexity index is 2030. The first kappa shape index (κ1) is 31.8. The van der Waals surface area contributed by atoms with Crippen LogP contribution in [0.1, 0.15) is 56.3 Å². The number of primary amides is 1. The number of carboxylic acid groups (broad SMARTS) is 1. The number of nitrogens with two attached hydrogens (primary N) is 1. The Morgan fingerprint density at radius 1 is 1.04 bits per heavy atom. The fourth-order valence-corrected chi connectivity index (χ4v) is 7.71. The molecular weight excluding hydrogens is 640 g/mol. The van der Waals surface area contributed by atoms with Gasteiger partial charge in [-0.25, -0.2) is 22.0 Å². The number of nitrogens with zero attached hydrogens (tertiary/aromatic N) is 4. The van der Waals surface area contributed by atoms with Gasteiger partial charge in [0, 0.05) is 37.5 Å². The highest BCUT2D eigenvalue weighted by Gasteiger charge is 2.48. The molecule has 2 aliphatic rings. The van der Waals surface area contributed by atoms with E-state index in [-0.39, 0.29) is 40.4 Å². The lowest BCUT2D eigenvalue weighted by Gasteiger charge is -2.31. The minimum Gasteiger partial charge on any atom is -0.477 e. The third-order valence-electron chi connectivity index (χ3n) is 8.26. The van der Waals surface area contributed by atoms with Crippen molar-refractivity contribution in [1.82, 2.24) is 19.1 Å². The van der Waals surface area contributed by atoms with E-state index < -0.39 is 49.9 Å². The van der Waals surface area contributed by atoms with Crippen molar-refractivity contribution in [2.24, 2.45) is 5.73 Å². The Hall–Kier alpha value is -5.13. The number of amides is 2. The predicted octanol–water partition coefficient (Wildman–Crippen LogP) is 2.80. The molecule has 0 unspecified atom stereocenters. The summed E-state index contributed by atoms with van der Waals surface area (Å²) in [6, 6.07) is 7.69. The number of morpholine rings is 1. The highest BCUT2D eigenvalue weighted by atomic mass is 32.2. The number of aromatic amines is 1. The number of aromatic nitrogens is 3. The van der Waals surface area contributed by atoms with Gasteiger partial charge in [-0.15, -0.1) is 0 Å². The normalized spacial score (nSPS) is 16.2. The number of rotatable bonds is 8. The molecule has 0 atom stereocenters. The first-order valence-electron chi connectivity index (χ1n) is 14.3. The molecule has 0 bridgehead atoms. The number of fused-ring (bicyclic) bond motifs is 1. The van der Waals surface area contributed by atoms with Crippen LogP contribution in [0.15, 0.2) is 53.6 Å². The number of nitrogens with one attached hydrogen (secondary N) is 2. The van der Waals surface area contributed by atoms with Crippen LogP contribution in [0, 0.1) is 11.6 Å². The average Bonchev–Trinajstić information content (AvgIpc) is 3.73. The van der Waals surface area contributed by atoms with Crippen molar-refractivity contribution in [2.45, 2.75) is 30.8 Å². The third kappa shape index (κ3) is 5.51. The molecule has 1 fully saturated rings. The van der Waals surface area contributed by atoms with Gasteiger partial charge in [-0.05, 0) is 50.2 Å². The number of sulfonamides is 1. The van der Waals surface area contributed by atoms with Gasteiger partial charge in [-0.3, -0.25) is 14.7 Å². The number of hydrogen-bond acceptors (Lipinski definition) is 8. The lowest BCUT2D eigenvalue weighted by molar-refractivity contribution is 0.0687. The van der Waals surface area contributed by atoms with E-state index in [1.807, 2.05) is 4.90 Å². The summed E-state index contributed by atoms with van der Waals surface area (Å²) >= 11 is 0. The molecule has 0 aliphatic carbocycles. The van der Waals surface area contributed by atoms with Gasteiger partial charge in [0.25, 0.3) is 5.91 Å². The van der Waals surface area contributed by atoms with Crippen LogP contribution in [0.25, 0.3) is 5.69 Å². The van der Waals surface area contributed by atoms with Gasteiger partial charge < -0.3 is 30.4 Å². The van der Waals surface area contributed by atoms with Crippen molar-refractivity contribution < 1.29 is 41.4 Å². The van der Waals surface area contributed by atoms with Gasteiger partial charge in [-0.2, -0.15) is 9.40 Å². The number of ether oxygens (including phenoxy) is 1. The third-order valence-corrected chi connectivity index (χ3v) is 10.3. The molecule has 0 saturated carbocycles. The van der Waals surface area contributed by atoms with Crippen LogP contribution < -0.4 is 16.0 Å². The minimum atomic E-state index is -4.43. The summed E-state index contributed by atoms with van der Waals surface area (Å²) in [5.74, 6) is -5.15. The highest BCUT2D eigenvalue weighted by molar-refractivity contribution is 7.89. The molecule has 0 spiro atoms. The van der Waals surface area contributed by atoms with E-state index in [0.717, 1.165) is 4.31 Å². The summed E-state index contributed by atoms with van der Waals surface area (Å²) in [5, 5.41) is 19.4. The molecule has 0 radical (unpaired) electrons. The second-order valence-electron chi connectivity index (χ2n) is 11.5. The van der Waals surface area contributed by atoms with E-state index in [9.17, 15) is 36.7 Å². The molecule has 2 aliphatic heterocycles. The number of halogens is 2. The Morgan fingerprint density at radius 3 is 2.34 bits per heavy atom. The summed E-state index contributed by atoms with van der Waals surface area (Å²) in [5.41, 5.74) is 5.37. The average molecular weight is 670 g/mol. The van der Waals surface area contributed by atoms with Crippen LogP contribution in [0.3, 0.4) is 0 Å². The maximum absolute atomic E-state index is 14.0. The fourth-order valence-electron chi connectivity index (χ4n) is 5.94. The molecule has 2 aromatic heterocycles. The summed E-state index contributed by atoms with van der Waals surface area (Å²) < 4.78 is 62.8. The fraction of sp³-hybridized carbons (Fsp3) is 0.267. The number of benzene rings is 2. The van der Waals surface area contributed by atoms with Gasteiger partial charge in [0.1, 0.15) is 17.3 Å². The molecule has 246 valence electrons. The van der Waals surface area contributed by atoms with Crippen molar-refractivity contribution in [2.75, 3.05) is 36.5 Å². The minimum absolute atomic E-state index is 0.0531. The second kappa shape index (κ2) is 11.6. The lowest BCUT2D eigenvalue weighted by atomic mass is 10.0. The summed E-state index contributed by atoms with van der Waals surface area (Å²) in [6.45, 7) is 4.43. The van der Waals surface area contributed by atoms with Gasteiger partial charge >= 0.3 is 5.97 Å². The number of anilines is 2. The van der Waals surface area contributed by atoms with E-state index in [1.165, 1.54) is 35.0 Å². The van der Waals surface area contributed by atoms with E-state index in [2.05, 4.69) is 15.5 Å². The Kier molecular flexibility index (Phi) is 7.85. The standard InChI is InChI=1S/C30H29F2N7O7S/c1-30(2)25-21(15-39(30)47(44,45)18-11-16(31)10-17(32)12-18)27(36-35-25)34-28(41)20-14-24(38-5-3-4-22(38)29(42)43)23(13-19(20)26(33)40)37-6-8-46-9-7-37/h3-5,10-14H,6-9,15H2,1-2H3,(H2,33,40)(H,42,43)(H2,34,35,36,41). The molecule has 1 saturated heterocycles. The SMILES string of the molecule is CC1(C)c2[nH]nc(NC(=O)c3cc(-n4cccc4C(=O)O)c(N4CCOCC4)cc3C(N)=O)c2CN1S(=O)(=O)c1cc(F)cc(F)c1. The number of hydrogen-bond donors (Lipinski definition) is 4. The maximum Gasteiger partial charge on any atom is 0.352 e. The summed E-state index contributed by atoms with van der Waals surface area (Å²) in [6.07, 6.45) is 1.51. The Labute approximate surface area is 266 Å². The van der Waals surface area contributed by atoms with Crippen LogP contribution in [-0.2, 0) is 26.8 Å². The van der Waals surface area contributed by atoms with Gasteiger partial charge in [-0.1, -0.05) is 0 Å². The number of H-pyrrole nitrogens is 1. The molecule has 6 rings (SSSR count). The zero-order valence-corrected chi connectivity index (χ0v) is 25.9. The van der Waals surface area contributed by atoms with Crippen molar-refractivity contribution in [3.63, 3.8) is 0 Å². The van der Waals surface area contributed by atoms with Gasteiger partial charge in [0.05, 0.1) is 51.8 Å². The van der Waals surface area contributed by atoms with E-state index >= 15 is 0 Å². The smallest absolute Gasteiger partial charge is 0.352 e. The Morgan fingerprint density at radius 2 is 1.70 bits per heavy atom. The highest BCUT2D eigenvalue weighted by Crippen LogP contribution is 2.44. The topological polar surface area (TPSA) is 193 Å². The zero-order valence-electron chi connectivity index (χ0n) is 25.1. The molecule has 4 heterocycles. The first-order valence-corrected chi connectivity index (χ1v) is 15.7. The number of carbonyl (C=O) groups is 3. The molecule has 2 amide bonds. The van der Waals surface area contributed by atoms with E-state index in [4.69, 9.17) is 10.5 Å². The molecule has 2 aromatic carbocycles. The number of carbonyl (C=O) groups excluding carboxylic acids is 2. The second-order valence-corrected chi connectivity index (χ2v) is 13.3. The quantitative estimate of drug-likeness (QED) is 0.218. The summed E-state index contributed by atoms with van der Waals surface area (Å²) in [7, 11) is -4.43. The number of carboxylic acids is 1. The Balaban J connectivity index is 1.39. The van der Waals surface area contributed by atoms with Crippen molar-refractivity contribution in [1.29, 1.82) is 0 Å². The first-order chi connectivity index (χ1) is 22.2. The van der Waals surface area contributed by atoms with Crippen LogP contribution in [-0.4, -0.2) is 76.7 Å². The van der Waals surface area contributed by atoms with E-state index in [1.54, 1.807) is 13.8 Å². The summed E-state index contributed by atoms with van der Waals surface area (Å²) in [4.78, 5) is 39.9. The maximum atomic E-state index is 14.0. The van der Waals surface area contributed by atoms with Crippen LogP contribution in [0.5, 0.6) is 0 Å². The van der Waals surface area contributed by atoms with Crippen LogP contribution in [0.4, 0.5) is 20.3 Å². The molecule has 17 heteroatoms. The zero-order chi connectivity index (χ0) is 33.8. The van der Waals surface area contributed by atoms with Crippen LogP contribution in [0.2, 0.25) is 0 Å².